The molecule has 0 atom stereocenters. The van der Waals surface area contributed by atoms with Crippen LogP contribution in [0, 0.1) is 0 Å². The Morgan fingerprint density at radius 3 is 2.22 bits per heavy atom. The molecule has 0 saturated carbocycles. The van der Waals surface area contributed by atoms with Crippen LogP contribution in [0.4, 0.5) is 5.69 Å². The molecule has 1 saturated heterocycles. The van der Waals surface area contributed by atoms with Crippen LogP contribution in [0.2, 0.25) is 5.02 Å². The monoisotopic (exact) mass is 390 g/mol. The third kappa shape index (κ3) is 5.47. The lowest BCUT2D eigenvalue weighted by molar-refractivity contribution is 0.210. The smallest absolute Gasteiger partial charge is 0.141 e. The van der Waals surface area contributed by atoms with Crippen molar-refractivity contribution in [3.05, 3.63) is 41.4 Å². The minimum absolute atomic E-state index is 0.454. The lowest BCUT2D eigenvalue weighted by Gasteiger charge is -2.33. The number of nitrogens with one attached hydrogen (secondary N) is 1. The molecule has 0 bridgehead atoms. The molecule has 1 aromatic heterocycles. The fraction of sp³-hybridized carbons (Fsp3) is 0.500. The van der Waals surface area contributed by atoms with E-state index >= 15 is 0 Å². The highest BCUT2D eigenvalue weighted by atomic mass is 35.5. The van der Waals surface area contributed by atoms with Gasteiger partial charge in [0.1, 0.15) is 22.8 Å². The number of hydrogen-bond donors (Lipinski definition) is 1. The molecular weight excluding hydrogens is 364 g/mol. The lowest BCUT2D eigenvalue weighted by atomic mass is 10.0. The van der Waals surface area contributed by atoms with Crippen molar-refractivity contribution in [2.45, 2.75) is 39.3 Å². The van der Waals surface area contributed by atoms with E-state index in [4.69, 9.17) is 21.1 Å². The van der Waals surface area contributed by atoms with Gasteiger partial charge in [-0.2, -0.15) is 0 Å². The number of aromatic nitrogens is 2. The summed E-state index contributed by atoms with van der Waals surface area (Å²) < 4.78 is 11.4. The van der Waals surface area contributed by atoms with E-state index in [-0.39, 0.29) is 0 Å². The largest absolute Gasteiger partial charge is 0.492 e. The second kappa shape index (κ2) is 9.76. The molecule has 1 fully saturated rings. The van der Waals surface area contributed by atoms with Crippen molar-refractivity contribution in [2.75, 3.05) is 31.6 Å². The van der Waals surface area contributed by atoms with Crippen LogP contribution in [-0.2, 0) is 6.54 Å². The number of hydrogen-bond acceptors (Lipinski definition) is 6. The number of piperidine rings is 1. The number of anilines is 1. The molecule has 1 N–H and O–H groups in total. The van der Waals surface area contributed by atoms with Gasteiger partial charge in [-0.1, -0.05) is 11.6 Å². The van der Waals surface area contributed by atoms with Crippen molar-refractivity contribution < 1.29 is 9.47 Å². The van der Waals surface area contributed by atoms with Crippen LogP contribution in [0.5, 0.6) is 11.5 Å². The minimum atomic E-state index is 0.454. The van der Waals surface area contributed by atoms with Crippen molar-refractivity contribution in [1.29, 1.82) is 0 Å². The molecule has 3 rings (SSSR count). The summed E-state index contributed by atoms with van der Waals surface area (Å²) in [7, 11) is 0. The Morgan fingerprint density at radius 2 is 1.67 bits per heavy atom. The number of benzene rings is 1. The van der Waals surface area contributed by atoms with Crippen LogP contribution in [-0.4, -0.2) is 47.2 Å². The Balaban J connectivity index is 1.59. The van der Waals surface area contributed by atoms with E-state index in [1.807, 2.05) is 38.4 Å². The van der Waals surface area contributed by atoms with E-state index < -0.39 is 0 Å². The quantitative estimate of drug-likeness (QED) is 0.735. The summed E-state index contributed by atoms with van der Waals surface area (Å²) in [6, 6.07) is 4.51. The number of rotatable bonds is 8. The highest BCUT2D eigenvalue weighted by Gasteiger charge is 2.20. The molecular formula is C20H27ClN4O2. The average molecular weight is 391 g/mol. The first-order valence-electron chi connectivity index (χ1n) is 9.51. The third-order valence-electron chi connectivity index (χ3n) is 4.59. The number of likely N-dealkylation sites (tertiary alicyclic amines) is 1. The standard InChI is InChI=1S/C20H27ClN4O2/c1-3-26-18-9-15(10-19(20(18)21)27-4-2)13-25-7-5-16(6-8-25)24-17-11-22-14-23-12-17/h9-12,14,16,24H,3-8,13H2,1-2H3. The molecule has 6 nitrogen and oxygen atoms in total. The Hall–Kier alpha value is -2.05. The van der Waals surface area contributed by atoms with E-state index in [0.29, 0.717) is 35.8 Å². The SMILES string of the molecule is CCOc1cc(CN2CCC(Nc3cncnc3)CC2)cc(OCC)c1Cl. The van der Waals surface area contributed by atoms with Crippen LogP contribution in [0.15, 0.2) is 30.9 Å². The first kappa shape index (κ1) is 19.7. The molecule has 7 heteroatoms. The first-order valence-corrected chi connectivity index (χ1v) is 9.89. The van der Waals surface area contributed by atoms with E-state index in [1.54, 1.807) is 6.33 Å². The zero-order chi connectivity index (χ0) is 19.1. The summed E-state index contributed by atoms with van der Waals surface area (Å²) in [5.41, 5.74) is 2.14. The summed E-state index contributed by atoms with van der Waals surface area (Å²) in [6.45, 7) is 7.99. The van der Waals surface area contributed by atoms with Gasteiger partial charge >= 0.3 is 0 Å². The molecule has 146 valence electrons. The van der Waals surface area contributed by atoms with Gasteiger partial charge in [-0.15, -0.1) is 0 Å². The average Bonchev–Trinajstić information content (AvgIpc) is 2.68. The van der Waals surface area contributed by atoms with Crippen molar-refractivity contribution in [1.82, 2.24) is 14.9 Å². The molecule has 1 aliphatic heterocycles. The molecule has 0 spiro atoms. The van der Waals surface area contributed by atoms with Gasteiger partial charge in [0.15, 0.2) is 0 Å². The molecule has 0 unspecified atom stereocenters. The number of nitrogens with zero attached hydrogens (tertiary/aromatic N) is 3. The van der Waals surface area contributed by atoms with Gasteiger partial charge in [0.05, 0.1) is 31.3 Å². The fourth-order valence-corrected chi connectivity index (χ4v) is 3.56. The summed E-state index contributed by atoms with van der Waals surface area (Å²) in [5, 5.41) is 4.07. The predicted octanol–water partition coefficient (Wildman–Crippen LogP) is 4.00. The van der Waals surface area contributed by atoms with Gasteiger partial charge in [0.25, 0.3) is 0 Å². The highest BCUT2D eigenvalue weighted by Crippen LogP contribution is 2.36. The van der Waals surface area contributed by atoms with Crippen molar-refractivity contribution in [3.8, 4) is 11.5 Å². The molecule has 2 aromatic rings. The lowest BCUT2D eigenvalue weighted by Crippen LogP contribution is -2.38. The van der Waals surface area contributed by atoms with Crippen molar-refractivity contribution in [3.63, 3.8) is 0 Å². The zero-order valence-corrected chi connectivity index (χ0v) is 16.7. The Kier molecular flexibility index (Phi) is 7.12. The van der Waals surface area contributed by atoms with Gasteiger partial charge in [-0.05, 0) is 44.4 Å². The second-order valence-corrected chi connectivity index (χ2v) is 6.97. The molecule has 1 aliphatic rings. The van der Waals surface area contributed by atoms with Crippen LogP contribution >= 0.6 is 11.6 Å². The first-order chi connectivity index (χ1) is 13.2. The topological polar surface area (TPSA) is 59.5 Å². The van der Waals surface area contributed by atoms with Gasteiger partial charge in [0, 0.05) is 25.7 Å². The van der Waals surface area contributed by atoms with E-state index in [9.17, 15) is 0 Å². The maximum atomic E-state index is 6.40. The summed E-state index contributed by atoms with van der Waals surface area (Å²) >= 11 is 6.40. The van der Waals surface area contributed by atoms with E-state index in [0.717, 1.165) is 43.7 Å². The zero-order valence-electron chi connectivity index (χ0n) is 15.9. The van der Waals surface area contributed by atoms with Gasteiger partial charge < -0.3 is 14.8 Å². The summed E-state index contributed by atoms with van der Waals surface area (Å²) in [6.07, 6.45) is 7.35. The van der Waals surface area contributed by atoms with Crippen molar-refractivity contribution in [2.24, 2.45) is 0 Å². The van der Waals surface area contributed by atoms with Crippen LogP contribution in [0.25, 0.3) is 0 Å². The maximum absolute atomic E-state index is 6.40. The Morgan fingerprint density at radius 1 is 1.07 bits per heavy atom. The number of ether oxygens (including phenoxy) is 2. The molecule has 0 amide bonds. The predicted molar refractivity (Wildman–Crippen MR) is 108 cm³/mol. The minimum Gasteiger partial charge on any atom is -0.492 e. The molecule has 27 heavy (non-hydrogen) atoms. The van der Waals surface area contributed by atoms with Crippen LogP contribution < -0.4 is 14.8 Å². The van der Waals surface area contributed by atoms with Crippen LogP contribution in [0.1, 0.15) is 32.3 Å². The normalized spacial score (nSPS) is 15.5. The summed E-state index contributed by atoms with van der Waals surface area (Å²) in [5.74, 6) is 1.39. The second-order valence-electron chi connectivity index (χ2n) is 6.59. The van der Waals surface area contributed by atoms with Crippen molar-refractivity contribution >= 4 is 17.3 Å². The molecule has 0 radical (unpaired) electrons. The van der Waals surface area contributed by atoms with E-state index in [1.165, 1.54) is 0 Å². The van der Waals surface area contributed by atoms with Gasteiger partial charge in [-0.3, -0.25) is 4.90 Å². The van der Waals surface area contributed by atoms with E-state index in [2.05, 4.69) is 20.2 Å². The van der Waals surface area contributed by atoms with Gasteiger partial charge in [0.2, 0.25) is 0 Å². The maximum Gasteiger partial charge on any atom is 0.141 e. The highest BCUT2D eigenvalue weighted by molar-refractivity contribution is 6.33. The molecule has 2 heterocycles. The molecule has 1 aromatic carbocycles. The Bertz CT molecular complexity index is 694. The Labute approximate surface area is 165 Å². The third-order valence-corrected chi connectivity index (χ3v) is 4.96. The van der Waals surface area contributed by atoms with Crippen LogP contribution in [0.3, 0.4) is 0 Å². The number of halogens is 1. The fourth-order valence-electron chi connectivity index (χ4n) is 3.34. The van der Waals surface area contributed by atoms with Gasteiger partial charge in [-0.25, -0.2) is 9.97 Å². The summed E-state index contributed by atoms with van der Waals surface area (Å²) in [4.78, 5) is 10.6. The molecule has 0 aliphatic carbocycles.